The quantitative estimate of drug-likeness (QED) is 0.794. The van der Waals surface area contributed by atoms with E-state index in [4.69, 9.17) is 4.74 Å². The predicted octanol–water partition coefficient (Wildman–Crippen LogP) is 3.17. The van der Waals surface area contributed by atoms with Crippen molar-refractivity contribution < 1.29 is 9.53 Å². The Balaban J connectivity index is 2.53. The highest BCUT2D eigenvalue weighted by molar-refractivity contribution is 7.13. The summed E-state index contributed by atoms with van der Waals surface area (Å²) in [6.45, 7) is 8.65. The molecule has 0 aromatic carbocycles. The third-order valence-corrected chi connectivity index (χ3v) is 2.96. The molecule has 1 rings (SSSR count). The third-order valence-electron chi connectivity index (χ3n) is 2.18. The normalized spacial score (nSPS) is 12.5. The summed E-state index contributed by atoms with van der Waals surface area (Å²) in [6, 6.07) is 0.358. The number of carbonyl (C=O) groups is 1. The second kappa shape index (κ2) is 6.59. The zero-order valence-electron chi connectivity index (χ0n) is 10.8. The van der Waals surface area contributed by atoms with Gasteiger partial charge in [0.25, 0.3) is 0 Å². The van der Waals surface area contributed by atoms with Crippen molar-refractivity contribution in [3.63, 3.8) is 0 Å². The largest absolute Gasteiger partial charge is 0.461 e. The predicted molar refractivity (Wildman–Crippen MR) is 70.6 cm³/mol. The second-order valence-electron chi connectivity index (χ2n) is 4.43. The molecule has 0 aliphatic rings. The first-order valence-corrected chi connectivity index (χ1v) is 6.80. The lowest BCUT2D eigenvalue weighted by Crippen LogP contribution is -2.17. The SMILES string of the molecule is CCOC(=O)c1csc(NC(C)CC(C)C)n1. The minimum atomic E-state index is -0.353. The van der Waals surface area contributed by atoms with Gasteiger partial charge >= 0.3 is 5.97 Å². The smallest absolute Gasteiger partial charge is 0.357 e. The fraction of sp³-hybridized carbons (Fsp3) is 0.667. The van der Waals surface area contributed by atoms with Crippen molar-refractivity contribution in [1.82, 2.24) is 4.98 Å². The van der Waals surface area contributed by atoms with Crippen LogP contribution < -0.4 is 5.32 Å². The number of rotatable bonds is 6. The highest BCUT2D eigenvalue weighted by Crippen LogP contribution is 2.18. The zero-order valence-corrected chi connectivity index (χ0v) is 11.6. The van der Waals surface area contributed by atoms with E-state index in [1.165, 1.54) is 11.3 Å². The molecule has 1 aromatic rings. The van der Waals surface area contributed by atoms with Gasteiger partial charge in [-0.15, -0.1) is 11.3 Å². The molecule has 1 heterocycles. The summed E-state index contributed by atoms with van der Waals surface area (Å²) >= 11 is 1.44. The first-order valence-electron chi connectivity index (χ1n) is 5.92. The van der Waals surface area contributed by atoms with E-state index in [-0.39, 0.29) is 5.97 Å². The Morgan fingerprint density at radius 1 is 1.53 bits per heavy atom. The van der Waals surface area contributed by atoms with Crippen LogP contribution >= 0.6 is 11.3 Å². The molecule has 0 bridgehead atoms. The van der Waals surface area contributed by atoms with Crippen LogP contribution in [-0.4, -0.2) is 23.6 Å². The van der Waals surface area contributed by atoms with E-state index in [1.807, 2.05) is 0 Å². The minimum absolute atomic E-state index is 0.353. The Bertz CT molecular complexity index is 363. The molecule has 1 unspecified atom stereocenters. The molecule has 0 spiro atoms. The van der Waals surface area contributed by atoms with Crippen molar-refractivity contribution in [3.8, 4) is 0 Å². The summed E-state index contributed by atoms with van der Waals surface area (Å²) < 4.78 is 4.89. The van der Waals surface area contributed by atoms with Crippen LogP contribution in [0.1, 0.15) is 44.6 Å². The van der Waals surface area contributed by atoms with Gasteiger partial charge < -0.3 is 10.1 Å². The van der Waals surface area contributed by atoms with Crippen molar-refractivity contribution in [1.29, 1.82) is 0 Å². The molecule has 1 aromatic heterocycles. The van der Waals surface area contributed by atoms with E-state index in [1.54, 1.807) is 12.3 Å². The fourth-order valence-corrected chi connectivity index (χ4v) is 2.41. The number of carbonyl (C=O) groups excluding carboxylic acids is 1. The molecule has 0 fully saturated rings. The lowest BCUT2D eigenvalue weighted by molar-refractivity contribution is 0.0520. The van der Waals surface area contributed by atoms with Crippen molar-refractivity contribution >= 4 is 22.4 Å². The molecule has 17 heavy (non-hydrogen) atoms. The van der Waals surface area contributed by atoms with Crippen molar-refractivity contribution in [3.05, 3.63) is 11.1 Å². The first kappa shape index (κ1) is 14.0. The van der Waals surface area contributed by atoms with Gasteiger partial charge in [-0.1, -0.05) is 13.8 Å². The van der Waals surface area contributed by atoms with Gasteiger partial charge in [0.2, 0.25) is 0 Å². The molecule has 0 radical (unpaired) electrons. The first-order chi connectivity index (χ1) is 8.02. The summed E-state index contributed by atoms with van der Waals surface area (Å²) in [5, 5.41) is 5.79. The molecule has 1 N–H and O–H groups in total. The molecule has 0 saturated carbocycles. The second-order valence-corrected chi connectivity index (χ2v) is 5.29. The summed E-state index contributed by atoms with van der Waals surface area (Å²) in [4.78, 5) is 15.6. The van der Waals surface area contributed by atoms with Crippen molar-refractivity contribution in [2.75, 3.05) is 11.9 Å². The van der Waals surface area contributed by atoms with Crippen LogP contribution in [-0.2, 0) is 4.74 Å². The topological polar surface area (TPSA) is 51.2 Å². The van der Waals surface area contributed by atoms with Gasteiger partial charge in [0, 0.05) is 11.4 Å². The number of anilines is 1. The maximum atomic E-state index is 11.4. The van der Waals surface area contributed by atoms with Gasteiger partial charge in [0.05, 0.1) is 6.61 Å². The number of hydrogen-bond acceptors (Lipinski definition) is 5. The molecule has 5 heteroatoms. The zero-order chi connectivity index (χ0) is 12.8. The van der Waals surface area contributed by atoms with Crippen LogP contribution in [0.2, 0.25) is 0 Å². The molecule has 4 nitrogen and oxygen atoms in total. The van der Waals surface area contributed by atoms with E-state index in [0.29, 0.717) is 24.3 Å². The Labute approximate surface area is 106 Å². The number of aromatic nitrogens is 1. The maximum Gasteiger partial charge on any atom is 0.357 e. The Kier molecular flexibility index (Phi) is 5.41. The minimum Gasteiger partial charge on any atom is -0.461 e. The van der Waals surface area contributed by atoms with Gasteiger partial charge in [-0.3, -0.25) is 0 Å². The summed E-state index contributed by atoms with van der Waals surface area (Å²) in [6.07, 6.45) is 1.08. The lowest BCUT2D eigenvalue weighted by Gasteiger charge is -2.14. The fourth-order valence-electron chi connectivity index (χ4n) is 1.62. The van der Waals surface area contributed by atoms with Crippen LogP contribution in [0.15, 0.2) is 5.38 Å². The van der Waals surface area contributed by atoms with E-state index in [0.717, 1.165) is 11.6 Å². The monoisotopic (exact) mass is 256 g/mol. The summed E-state index contributed by atoms with van der Waals surface area (Å²) in [7, 11) is 0. The van der Waals surface area contributed by atoms with E-state index in [2.05, 4.69) is 31.1 Å². The third kappa shape index (κ3) is 4.73. The molecule has 96 valence electrons. The van der Waals surface area contributed by atoms with Crippen LogP contribution in [0, 0.1) is 5.92 Å². The average Bonchev–Trinajstić information content (AvgIpc) is 2.65. The number of ether oxygens (including phenoxy) is 1. The van der Waals surface area contributed by atoms with Gasteiger partial charge in [-0.05, 0) is 26.2 Å². The number of hydrogen-bond donors (Lipinski definition) is 1. The standard InChI is InChI=1S/C12H20N2O2S/c1-5-16-11(15)10-7-17-12(14-10)13-9(4)6-8(2)3/h7-9H,5-6H2,1-4H3,(H,13,14). The lowest BCUT2D eigenvalue weighted by atomic mass is 10.1. The molecule has 0 aliphatic heterocycles. The highest BCUT2D eigenvalue weighted by atomic mass is 32.1. The molecule has 0 amide bonds. The van der Waals surface area contributed by atoms with Crippen LogP contribution in [0.4, 0.5) is 5.13 Å². The Hall–Kier alpha value is -1.10. The van der Waals surface area contributed by atoms with Crippen LogP contribution in [0.3, 0.4) is 0 Å². The Morgan fingerprint density at radius 2 is 2.24 bits per heavy atom. The number of nitrogens with one attached hydrogen (secondary N) is 1. The molecular weight excluding hydrogens is 236 g/mol. The number of thiazole rings is 1. The van der Waals surface area contributed by atoms with E-state index in [9.17, 15) is 4.79 Å². The molecule has 0 saturated heterocycles. The number of esters is 1. The highest BCUT2D eigenvalue weighted by Gasteiger charge is 2.13. The van der Waals surface area contributed by atoms with Crippen LogP contribution in [0.5, 0.6) is 0 Å². The van der Waals surface area contributed by atoms with Crippen molar-refractivity contribution in [2.45, 2.75) is 40.2 Å². The molecule has 1 atom stereocenters. The van der Waals surface area contributed by atoms with Gasteiger partial charge in [-0.25, -0.2) is 9.78 Å². The summed E-state index contributed by atoms with van der Waals surface area (Å²) in [5.74, 6) is 0.287. The van der Waals surface area contributed by atoms with Gasteiger partial charge in [-0.2, -0.15) is 0 Å². The maximum absolute atomic E-state index is 11.4. The van der Waals surface area contributed by atoms with E-state index < -0.39 is 0 Å². The number of nitrogens with zero attached hydrogens (tertiary/aromatic N) is 1. The van der Waals surface area contributed by atoms with E-state index >= 15 is 0 Å². The molecular formula is C12H20N2O2S. The van der Waals surface area contributed by atoms with Gasteiger partial charge in [0.15, 0.2) is 10.8 Å². The van der Waals surface area contributed by atoms with Crippen LogP contribution in [0.25, 0.3) is 0 Å². The molecule has 0 aliphatic carbocycles. The van der Waals surface area contributed by atoms with Crippen molar-refractivity contribution in [2.24, 2.45) is 5.92 Å². The van der Waals surface area contributed by atoms with Gasteiger partial charge in [0.1, 0.15) is 0 Å². The summed E-state index contributed by atoms with van der Waals surface area (Å²) in [5.41, 5.74) is 0.385. The Morgan fingerprint density at radius 3 is 2.82 bits per heavy atom. The average molecular weight is 256 g/mol.